The second-order valence-electron chi connectivity index (χ2n) is 4.24. The lowest BCUT2D eigenvalue weighted by Crippen LogP contribution is -2.38. The molecule has 1 unspecified atom stereocenters. The van der Waals surface area contributed by atoms with Crippen molar-refractivity contribution in [3.8, 4) is 18.1 Å². The summed E-state index contributed by atoms with van der Waals surface area (Å²) in [4.78, 5) is 11.8. The van der Waals surface area contributed by atoms with E-state index in [4.69, 9.17) is 16.3 Å². The maximum atomic E-state index is 11.8. The summed E-state index contributed by atoms with van der Waals surface area (Å²) in [5.74, 6) is 2.98. The molecule has 0 heterocycles. The van der Waals surface area contributed by atoms with E-state index in [-0.39, 0.29) is 25.3 Å². The molecular formula is C15H20N2O3. The van der Waals surface area contributed by atoms with Crippen LogP contribution in [0.15, 0.2) is 24.3 Å². The highest BCUT2D eigenvalue weighted by atomic mass is 16.5. The Kier molecular flexibility index (Phi) is 7.01. The first-order valence-corrected chi connectivity index (χ1v) is 6.54. The van der Waals surface area contributed by atoms with Gasteiger partial charge < -0.3 is 20.5 Å². The van der Waals surface area contributed by atoms with Crippen LogP contribution in [-0.4, -0.2) is 30.4 Å². The molecule has 0 aliphatic carbocycles. The number of ether oxygens (including phenoxy) is 1. The molecule has 5 heteroatoms. The van der Waals surface area contributed by atoms with E-state index in [1.807, 2.05) is 6.92 Å². The average molecular weight is 276 g/mol. The van der Waals surface area contributed by atoms with Crippen molar-refractivity contribution in [1.82, 2.24) is 5.32 Å². The quantitative estimate of drug-likeness (QED) is 0.667. The van der Waals surface area contributed by atoms with Crippen molar-refractivity contribution in [3.63, 3.8) is 0 Å². The standard InChI is InChI=1S/C15H20N2O3/c1-3-10-20-14-7-5-6-13(11-14)17-15(19)16-12(4-2)8-9-18/h1,5-7,11-12,18H,4,8-10H2,2H3,(H2,16,17,19). The number of aliphatic hydroxyl groups excluding tert-OH is 1. The first-order chi connectivity index (χ1) is 9.69. The zero-order chi connectivity index (χ0) is 14.8. The fraction of sp³-hybridized carbons (Fsp3) is 0.400. The highest BCUT2D eigenvalue weighted by Crippen LogP contribution is 2.17. The molecular weight excluding hydrogens is 256 g/mol. The topological polar surface area (TPSA) is 70.6 Å². The lowest BCUT2D eigenvalue weighted by atomic mass is 10.2. The number of amides is 2. The predicted octanol–water partition coefficient (Wildman–Crippen LogP) is 1.98. The molecule has 0 fully saturated rings. The van der Waals surface area contributed by atoms with E-state index in [1.165, 1.54) is 0 Å². The lowest BCUT2D eigenvalue weighted by molar-refractivity contribution is 0.237. The summed E-state index contributed by atoms with van der Waals surface area (Å²) in [5, 5.41) is 14.4. The van der Waals surface area contributed by atoms with Gasteiger partial charge in [0.1, 0.15) is 12.4 Å². The van der Waals surface area contributed by atoms with E-state index in [0.717, 1.165) is 6.42 Å². The Balaban J connectivity index is 2.55. The molecule has 1 aromatic rings. The largest absolute Gasteiger partial charge is 0.481 e. The summed E-state index contributed by atoms with van der Waals surface area (Å²) in [5.41, 5.74) is 0.621. The fourth-order valence-electron chi connectivity index (χ4n) is 1.68. The monoisotopic (exact) mass is 276 g/mol. The van der Waals surface area contributed by atoms with Crippen LogP contribution in [-0.2, 0) is 0 Å². The van der Waals surface area contributed by atoms with Crippen molar-refractivity contribution in [1.29, 1.82) is 0 Å². The van der Waals surface area contributed by atoms with Crippen molar-refractivity contribution < 1.29 is 14.6 Å². The number of nitrogens with one attached hydrogen (secondary N) is 2. The van der Waals surface area contributed by atoms with Gasteiger partial charge in [-0.15, -0.1) is 6.42 Å². The molecule has 0 aliphatic heterocycles. The van der Waals surface area contributed by atoms with Crippen LogP contribution in [0.4, 0.5) is 10.5 Å². The Labute approximate surface area is 119 Å². The minimum Gasteiger partial charge on any atom is -0.481 e. The number of benzene rings is 1. The fourth-order valence-corrected chi connectivity index (χ4v) is 1.68. The van der Waals surface area contributed by atoms with E-state index in [1.54, 1.807) is 24.3 Å². The van der Waals surface area contributed by atoms with Crippen LogP contribution in [0.1, 0.15) is 19.8 Å². The van der Waals surface area contributed by atoms with E-state index in [0.29, 0.717) is 17.9 Å². The molecule has 1 aromatic carbocycles. The highest BCUT2D eigenvalue weighted by molar-refractivity contribution is 5.89. The van der Waals surface area contributed by atoms with Crippen LogP contribution in [0.25, 0.3) is 0 Å². The summed E-state index contributed by atoms with van der Waals surface area (Å²) in [7, 11) is 0. The third-order valence-electron chi connectivity index (χ3n) is 2.72. The molecule has 20 heavy (non-hydrogen) atoms. The zero-order valence-electron chi connectivity index (χ0n) is 11.6. The summed E-state index contributed by atoms with van der Waals surface area (Å²) in [6, 6.07) is 6.65. The molecule has 5 nitrogen and oxygen atoms in total. The van der Waals surface area contributed by atoms with E-state index in [2.05, 4.69) is 16.6 Å². The van der Waals surface area contributed by atoms with Crippen LogP contribution in [0.3, 0.4) is 0 Å². The lowest BCUT2D eigenvalue weighted by Gasteiger charge is -2.16. The Bertz CT molecular complexity index is 468. The molecule has 1 rings (SSSR count). The molecule has 0 spiro atoms. The van der Waals surface area contributed by atoms with Crippen molar-refractivity contribution in [2.75, 3.05) is 18.5 Å². The van der Waals surface area contributed by atoms with Gasteiger partial charge in [-0.05, 0) is 25.0 Å². The van der Waals surface area contributed by atoms with Crippen molar-refractivity contribution in [2.24, 2.45) is 0 Å². The van der Waals surface area contributed by atoms with Crippen molar-refractivity contribution in [3.05, 3.63) is 24.3 Å². The Hall–Kier alpha value is -2.19. The number of hydrogen-bond acceptors (Lipinski definition) is 3. The number of carbonyl (C=O) groups excluding carboxylic acids is 1. The number of urea groups is 1. The number of terminal acetylenes is 1. The van der Waals surface area contributed by atoms with Crippen LogP contribution >= 0.6 is 0 Å². The number of hydrogen-bond donors (Lipinski definition) is 3. The van der Waals surface area contributed by atoms with Gasteiger partial charge in [-0.2, -0.15) is 0 Å². The van der Waals surface area contributed by atoms with Gasteiger partial charge in [0.15, 0.2) is 0 Å². The molecule has 0 aliphatic rings. The van der Waals surface area contributed by atoms with Crippen LogP contribution in [0.2, 0.25) is 0 Å². The number of carbonyl (C=O) groups is 1. The Morgan fingerprint density at radius 1 is 1.55 bits per heavy atom. The first kappa shape index (κ1) is 15.9. The molecule has 0 saturated carbocycles. The van der Waals surface area contributed by atoms with E-state index >= 15 is 0 Å². The SMILES string of the molecule is C#CCOc1cccc(NC(=O)NC(CC)CCO)c1. The van der Waals surface area contributed by atoms with Gasteiger partial charge in [0.25, 0.3) is 0 Å². The molecule has 0 radical (unpaired) electrons. The van der Waals surface area contributed by atoms with Crippen molar-refractivity contribution in [2.45, 2.75) is 25.8 Å². The van der Waals surface area contributed by atoms with Crippen molar-refractivity contribution >= 4 is 11.7 Å². The number of aliphatic hydroxyl groups is 1. The van der Waals surface area contributed by atoms with Crippen LogP contribution in [0.5, 0.6) is 5.75 Å². The number of anilines is 1. The molecule has 2 amide bonds. The highest BCUT2D eigenvalue weighted by Gasteiger charge is 2.09. The molecule has 0 bridgehead atoms. The zero-order valence-corrected chi connectivity index (χ0v) is 11.6. The van der Waals surface area contributed by atoms with E-state index < -0.39 is 0 Å². The summed E-state index contributed by atoms with van der Waals surface area (Å²) >= 11 is 0. The molecule has 3 N–H and O–H groups in total. The maximum Gasteiger partial charge on any atom is 0.319 e. The summed E-state index contributed by atoms with van der Waals surface area (Å²) in [6.07, 6.45) is 6.42. The molecule has 108 valence electrons. The maximum absolute atomic E-state index is 11.8. The van der Waals surface area contributed by atoms with Gasteiger partial charge in [0, 0.05) is 24.4 Å². The first-order valence-electron chi connectivity index (χ1n) is 6.54. The van der Waals surface area contributed by atoms with Gasteiger partial charge in [0.05, 0.1) is 0 Å². The second kappa shape index (κ2) is 8.83. The Morgan fingerprint density at radius 3 is 3.00 bits per heavy atom. The molecule has 0 saturated heterocycles. The predicted molar refractivity (Wildman–Crippen MR) is 78.7 cm³/mol. The third-order valence-corrected chi connectivity index (χ3v) is 2.72. The van der Waals surface area contributed by atoms with Gasteiger partial charge in [0.2, 0.25) is 0 Å². The molecule has 0 aromatic heterocycles. The van der Waals surface area contributed by atoms with Gasteiger partial charge in [-0.1, -0.05) is 18.9 Å². The molecule has 1 atom stereocenters. The average Bonchev–Trinajstić information content (AvgIpc) is 2.45. The summed E-state index contributed by atoms with van der Waals surface area (Å²) in [6.45, 7) is 2.19. The van der Waals surface area contributed by atoms with E-state index in [9.17, 15) is 4.79 Å². The second-order valence-corrected chi connectivity index (χ2v) is 4.24. The van der Waals surface area contributed by atoms with Gasteiger partial charge >= 0.3 is 6.03 Å². The van der Waals surface area contributed by atoms with Crippen LogP contribution < -0.4 is 15.4 Å². The minimum absolute atomic E-state index is 0.0409. The normalized spacial score (nSPS) is 11.2. The van der Waals surface area contributed by atoms with Crippen LogP contribution in [0, 0.1) is 12.3 Å². The smallest absolute Gasteiger partial charge is 0.319 e. The third kappa shape index (κ3) is 5.63. The van der Waals surface area contributed by atoms with Gasteiger partial charge in [-0.25, -0.2) is 4.79 Å². The van der Waals surface area contributed by atoms with Gasteiger partial charge in [-0.3, -0.25) is 0 Å². The minimum atomic E-state index is -0.306. The summed E-state index contributed by atoms with van der Waals surface area (Å²) < 4.78 is 5.28. The Morgan fingerprint density at radius 2 is 2.35 bits per heavy atom. The number of rotatable bonds is 7.